The van der Waals surface area contributed by atoms with Gasteiger partial charge in [0.05, 0.1) is 6.10 Å². The van der Waals surface area contributed by atoms with Crippen LogP contribution in [0.2, 0.25) is 5.02 Å². The van der Waals surface area contributed by atoms with Gasteiger partial charge in [-0.2, -0.15) is 0 Å². The van der Waals surface area contributed by atoms with Gasteiger partial charge in [-0.25, -0.2) is 0 Å². The molecule has 2 atom stereocenters. The van der Waals surface area contributed by atoms with Gasteiger partial charge >= 0.3 is 0 Å². The molecule has 0 amide bonds. The molecule has 88 valence electrons. The van der Waals surface area contributed by atoms with E-state index in [2.05, 4.69) is 0 Å². The van der Waals surface area contributed by atoms with Gasteiger partial charge in [0.15, 0.2) is 0 Å². The SMILES string of the molecule is CC(c1ccccc1)C(O)c1ccc(Cl)cc1. The Bertz CT molecular complexity index is 464. The van der Waals surface area contributed by atoms with Crippen LogP contribution >= 0.6 is 11.6 Å². The van der Waals surface area contributed by atoms with Crippen LogP contribution in [0.25, 0.3) is 0 Å². The number of rotatable bonds is 3. The van der Waals surface area contributed by atoms with Crippen molar-refractivity contribution in [2.45, 2.75) is 18.9 Å². The van der Waals surface area contributed by atoms with Gasteiger partial charge in [0, 0.05) is 10.9 Å². The summed E-state index contributed by atoms with van der Waals surface area (Å²) in [7, 11) is 0. The summed E-state index contributed by atoms with van der Waals surface area (Å²) in [6.45, 7) is 2.02. The minimum absolute atomic E-state index is 0.0670. The average molecular weight is 247 g/mol. The molecule has 1 N–H and O–H groups in total. The van der Waals surface area contributed by atoms with Crippen LogP contribution in [0.5, 0.6) is 0 Å². The fourth-order valence-corrected chi connectivity index (χ4v) is 2.01. The van der Waals surface area contributed by atoms with Gasteiger partial charge in [-0.3, -0.25) is 0 Å². The number of aliphatic hydroxyl groups is 1. The third kappa shape index (κ3) is 2.87. The second kappa shape index (κ2) is 5.35. The summed E-state index contributed by atoms with van der Waals surface area (Å²) in [5.41, 5.74) is 2.03. The molecule has 0 aromatic heterocycles. The van der Waals surface area contributed by atoms with Crippen molar-refractivity contribution in [3.63, 3.8) is 0 Å². The van der Waals surface area contributed by atoms with E-state index in [-0.39, 0.29) is 5.92 Å². The number of aliphatic hydroxyl groups excluding tert-OH is 1. The highest BCUT2D eigenvalue weighted by Crippen LogP contribution is 2.30. The third-order valence-corrected chi connectivity index (χ3v) is 3.26. The van der Waals surface area contributed by atoms with E-state index in [0.717, 1.165) is 11.1 Å². The van der Waals surface area contributed by atoms with Crippen LogP contribution < -0.4 is 0 Å². The molecule has 2 aromatic carbocycles. The Hall–Kier alpha value is -1.31. The normalized spacial score (nSPS) is 14.3. The Kier molecular flexibility index (Phi) is 3.82. The molecule has 0 bridgehead atoms. The van der Waals surface area contributed by atoms with Gasteiger partial charge in [-0.1, -0.05) is 61.0 Å². The van der Waals surface area contributed by atoms with E-state index in [1.807, 2.05) is 49.4 Å². The maximum atomic E-state index is 10.3. The predicted octanol–water partition coefficient (Wildman–Crippen LogP) is 4.18. The van der Waals surface area contributed by atoms with Crippen molar-refractivity contribution < 1.29 is 5.11 Å². The Morgan fingerprint density at radius 2 is 1.47 bits per heavy atom. The predicted molar refractivity (Wildman–Crippen MR) is 71.3 cm³/mol. The summed E-state index contributed by atoms with van der Waals surface area (Å²) >= 11 is 5.83. The number of hydrogen-bond acceptors (Lipinski definition) is 1. The zero-order valence-corrected chi connectivity index (χ0v) is 10.4. The second-order valence-electron chi connectivity index (χ2n) is 4.20. The maximum absolute atomic E-state index is 10.3. The van der Waals surface area contributed by atoms with Crippen molar-refractivity contribution in [1.82, 2.24) is 0 Å². The molecule has 0 saturated heterocycles. The topological polar surface area (TPSA) is 20.2 Å². The largest absolute Gasteiger partial charge is 0.388 e. The third-order valence-electron chi connectivity index (χ3n) is 3.01. The zero-order chi connectivity index (χ0) is 12.3. The minimum atomic E-state index is -0.505. The molecule has 2 rings (SSSR count). The lowest BCUT2D eigenvalue weighted by atomic mass is 9.91. The lowest BCUT2D eigenvalue weighted by Gasteiger charge is -2.19. The molecule has 0 aliphatic heterocycles. The van der Waals surface area contributed by atoms with Gasteiger partial charge < -0.3 is 5.11 Å². The van der Waals surface area contributed by atoms with Crippen molar-refractivity contribution in [3.05, 3.63) is 70.7 Å². The molecule has 0 spiro atoms. The molecule has 0 saturated carbocycles. The molecular formula is C15H15ClO. The first kappa shape index (κ1) is 12.2. The molecule has 0 aliphatic rings. The van der Waals surface area contributed by atoms with E-state index in [1.165, 1.54) is 0 Å². The Balaban J connectivity index is 2.20. The van der Waals surface area contributed by atoms with Crippen LogP contribution in [-0.4, -0.2) is 5.11 Å². The van der Waals surface area contributed by atoms with Crippen molar-refractivity contribution >= 4 is 11.6 Å². The molecule has 0 fully saturated rings. The molecule has 2 aromatic rings. The summed E-state index contributed by atoms with van der Waals surface area (Å²) in [6.07, 6.45) is -0.505. The smallest absolute Gasteiger partial charge is 0.0855 e. The summed E-state index contributed by atoms with van der Waals surface area (Å²) < 4.78 is 0. The number of benzene rings is 2. The monoisotopic (exact) mass is 246 g/mol. The van der Waals surface area contributed by atoms with E-state index in [0.29, 0.717) is 5.02 Å². The van der Waals surface area contributed by atoms with Crippen LogP contribution in [-0.2, 0) is 0 Å². The van der Waals surface area contributed by atoms with E-state index in [4.69, 9.17) is 11.6 Å². The average Bonchev–Trinajstić information content (AvgIpc) is 2.39. The first-order chi connectivity index (χ1) is 8.18. The zero-order valence-electron chi connectivity index (χ0n) is 9.68. The highest BCUT2D eigenvalue weighted by molar-refractivity contribution is 6.30. The van der Waals surface area contributed by atoms with Crippen LogP contribution in [0.4, 0.5) is 0 Å². The van der Waals surface area contributed by atoms with Crippen LogP contribution in [0, 0.1) is 0 Å². The molecule has 0 heterocycles. The standard InChI is InChI=1S/C15H15ClO/c1-11(12-5-3-2-4-6-12)15(17)13-7-9-14(16)10-8-13/h2-11,15,17H,1H3. The Morgan fingerprint density at radius 3 is 2.06 bits per heavy atom. The lowest BCUT2D eigenvalue weighted by molar-refractivity contribution is 0.151. The van der Waals surface area contributed by atoms with Crippen molar-refractivity contribution in [3.8, 4) is 0 Å². The highest BCUT2D eigenvalue weighted by atomic mass is 35.5. The van der Waals surface area contributed by atoms with Gasteiger partial charge in [0.2, 0.25) is 0 Å². The van der Waals surface area contributed by atoms with Crippen LogP contribution in [0.1, 0.15) is 30.1 Å². The second-order valence-corrected chi connectivity index (χ2v) is 4.63. The van der Waals surface area contributed by atoms with Gasteiger partial charge in [-0.15, -0.1) is 0 Å². The fraction of sp³-hybridized carbons (Fsp3) is 0.200. The van der Waals surface area contributed by atoms with Gasteiger partial charge in [-0.05, 0) is 23.3 Å². The number of halogens is 1. The first-order valence-electron chi connectivity index (χ1n) is 5.67. The molecule has 2 heteroatoms. The maximum Gasteiger partial charge on any atom is 0.0855 e. The molecule has 0 aliphatic carbocycles. The number of hydrogen-bond donors (Lipinski definition) is 1. The van der Waals surface area contributed by atoms with E-state index < -0.39 is 6.10 Å². The van der Waals surface area contributed by atoms with Crippen LogP contribution in [0.15, 0.2) is 54.6 Å². The minimum Gasteiger partial charge on any atom is -0.388 e. The summed E-state index contributed by atoms with van der Waals surface area (Å²) in [6, 6.07) is 17.4. The molecule has 17 heavy (non-hydrogen) atoms. The Labute approximate surface area is 107 Å². The Morgan fingerprint density at radius 1 is 0.882 bits per heavy atom. The van der Waals surface area contributed by atoms with E-state index >= 15 is 0 Å². The van der Waals surface area contributed by atoms with Crippen molar-refractivity contribution in [2.24, 2.45) is 0 Å². The first-order valence-corrected chi connectivity index (χ1v) is 6.05. The lowest BCUT2D eigenvalue weighted by Crippen LogP contribution is -2.07. The quantitative estimate of drug-likeness (QED) is 0.862. The molecule has 2 unspecified atom stereocenters. The van der Waals surface area contributed by atoms with Crippen molar-refractivity contribution in [1.29, 1.82) is 0 Å². The van der Waals surface area contributed by atoms with Crippen molar-refractivity contribution in [2.75, 3.05) is 0 Å². The van der Waals surface area contributed by atoms with E-state index in [1.54, 1.807) is 12.1 Å². The van der Waals surface area contributed by atoms with Gasteiger partial charge in [0.1, 0.15) is 0 Å². The summed E-state index contributed by atoms with van der Waals surface area (Å²) in [4.78, 5) is 0. The fourth-order valence-electron chi connectivity index (χ4n) is 1.89. The van der Waals surface area contributed by atoms with Crippen LogP contribution in [0.3, 0.4) is 0 Å². The summed E-state index contributed by atoms with van der Waals surface area (Å²) in [5.74, 6) is 0.0670. The molecule has 1 nitrogen and oxygen atoms in total. The molecule has 0 radical (unpaired) electrons. The summed E-state index contributed by atoms with van der Waals surface area (Å²) in [5, 5.41) is 11.0. The van der Waals surface area contributed by atoms with E-state index in [9.17, 15) is 5.11 Å². The highest BCUT2D eigenvalue weighted by Gasteiger charge is 2.17. The van der Waals surface area contributed by atoms with Gasteiger partial charge in [0.25, 0.3) is 0 Å². The molecular weight excluding hydrogens is 232 g/mol.